The van der Waals surface area contributed by atoms with E-state index in [2.05, 4.69) is 21.8 Å². The minimum atomic E-state index is -1.20. The van der Waals surface area contributed by atoms with Crippen molar-refractivity contribution in [3.05, 3.63) is 94.6 Å². The van der Waals surface area contributed by atoms with E-state index in [4.69, 9.17) is 5.73 Å². The molecule has 0 aliphatic carbocycles. The summed E-state index contributed by atoms with van der Waals surface area (Å²) >= 11 is 0. The predicted molar refractivity (Wildman–Crippen MR) is 127 cm³/mol. The number of aliphatic imine (C=N–C) groups is 1. The average molecular weight is 452 g/mol. The van der Waals surface area contributed by atoms with E-state index in [1.165, 1.54) is 24.3 Å². The highest BCUT2D eigenvalue weighted by molar-refractivity contribution is 6.05. The van der Waals surface area contributed by atoms with E-state index < -0.39 is 17.7 Å². The van der Waals surface area contributed by atoms with Crippen LogP contribution in [0.25, 0.3) is 5.70 Å². The zero-order valence-corrected chi connectivity index (χ0v) is 19.0. The Morgan fingerprint density at radius 3 is 2.64 bits per heavy atom. The first-order valence-electron chi connectivity index (χ1n) is 10.6. The van der Waals surface area contributed by atoms with Crippen LogP contribution in [0.15, 0.2) is 71.3 Å². The zero-order valence-electron chi connectivity index (χ0n) is 19.0. The van der Waals surface area contributed by atoms with Gasteiger partial charge in [-0.25, -0.2) is 13.8 Å². The van der Waals surface area contributed by atoms with Crippen molar-refractivity contribution in [1.82, 2.24) is 9.80 Å². The number of nitrogens with one attached hydrogen (secondary N) is 1. The molecule has 2 aliphatic rings. The third-order valence-electron chi connectivity index (χ3n) is 6.12. The molecule has 0 radical (unpaired) electrons. The lowest BCUT2D eigenvalue weighted by molar-refractivity contribution is 0.217. The fraction of sp³-hybridized carbons (Fsp3) is 0.240. The Kier molecular flexibility index (Phi) is 5.71. The van der Waals surface area contributed by atoms with E-state index in [1.54, 1.807) is 18.3 Å². The number of rotatable bonds is 5. The number of nitrogens with two attached hydrogens (primary N) is 1. The lowest BCUT2D eigenvalue weighted by Crippen LogP contribution is -2.38. The van der Waals surface area contributed by atoms with Gasteiger partial charge >= 0.3 is 0 Å². The summed E-state index contributed by atoms with van der Waals surface area (Å²) in [5.74, 6) is -0.616. The normalized spacial score (nSPS) is 18.7. The summed E-state index contributed by atoms with van der Waals surface area (Å²) in [5, 5.41) is 13.3. The van der Waals surface area contributed by atoms with Gasteiger partial charge in [-0.05, 0) is 56.2 Å². The number of aryl methyl sites for hydroxylation is 1. The van der Waals surface area contributed by atoms with Crippen molar-refractivity contribution in [2.45, 2.75) is 33.0 Å². The standard InChI is InChI=1S/C25H27F2N5O/c1-13-9-21(30-15(3)24(33)17-7-6-8-18(26)10-17)20(27)11-19(13)22-23-25(28)29-12-14(2)32(23)16(4)31(22)5/h6-12,16,24,30,33H,3H2,1-2,4-5H3,(H2,28,29). The van der Waals surface area contributed by atoms with Gasteiger partial charge in [-0.2, -0.15) is 0 Å². The van der Waals surface area contributed by atoms with E-state index in [0.29, 0.717) is 17.0 Å². The third kappa shape index (κ3) is 3.87. The summed E-state index contributed by atoms with van der Waals surface area (Å²) in [6.07, 6.45) is 0.511. The maximum atomic E-state index is 15.2. The van der Waals surface area contributed by atoms with Crippen LogP contribution in [-0.2, 0) is 0 Å². The molecule has 33 heavy (non-hydrogen) atoms. The monoisotopic (exact) mass is 451 g/mol. The number of amidine groups is 1. The van der Waals surface area contributed by atoms with Crippen molar-refractivity contribution in [1.29, 1.82) is 0 Å². The van der Waals surface area contributed by atoms with Gasteiger partial charge in [0, 0.05) is 30.2 Å². The molecule has 0 saturated carbocycles. The second kappa shape index (κ2) is 8.37. The Morgan fingerprint density at radius 1 is 1.21 bits per heavy atom. The summed E-state index contributed by atoms with van der Waals surface area (Å²) < 4.78 is 28.7. The molecule has 0 bridgehead atoms. The highest BCUT2D eigenvalue weighted by Crippen LogP contribution is 2.40. The average Bonchev–Trinajstić information content (AvgIpc) is 3.04. The number of allylic oxidation sites excluding steroid dienone is 1. The molecule has 8 heteroatoms. The molecular weight excluding hydrogens is 424 g/mol. The molecule has 2 aromatic rings. The molecular formula is C25H27F2N5O. The molecule has 172 valence electrons. The van der Waals surface area contributed by atoms with E-state index >= 15 is 4.39 Å². The number of anilines is 1. The molecule has 0 amide bonds. The Labute approximate surface area is 192 Å². The summed E-state index contributed by atoms with van der Waals surface area (Å²) in [7, 11) is 1.94. The molecule has 0 fully saturated rings. The molecule has 0 spiro atoms. The van der Waals surface area contributed by atoms with Gasteiger partial charge < -0.3 is 26.0 Å². The highest BCUT2D eigenvalue weighted by Gasteiger charge is 2.38. The molecule has 0 saturated heterocycles. The van der Waals surface area contributed by atoms with E-state index in [1.807, 2.05) is 32.7 Å². The van der Waals surface area contributed by atoms with Gasteiger partial charge in [0.2, 0.25) is 0 Å². The SMILES string of the molecule is C=C(Nc1cc(C)c(C2=C3C(N)=NC=C(C)N3C(C)N2C)cc1F)C(O)c1cccc(F)c1. The Balaban J connectivity index is 1.68. The number of hydrogen-bond donors (Lipinski definition) is 3. The number of halogens is 2. The first-order valence-corrected chi connectivity index (χ1v) is 10.6. The molecule has 2 unspecified atom stereocenters. The summed E-state index contributed by atoms with van der Waals surface area (Å²) in [6, 6.07) is 8.67. The first kappa shape index (κ1) is 22.5. The first-order chi connectivity index (χ1) is 15.6. The molecule has 2 aliphatic heterocycles. The van der Waals surface area contributed by atoms with Crippen LogP contribution in [0.5, 0.6) is 0 Å². The fourth-order valence-electron chi connectivity index (χ4n) is 4.30. The number of nitrogens with zero attached hydrogens (tertiary/aromatic N) is 3. The molecule has 2 atom stereocenters. The predicted octanol–water partition coefficient (Wildman–Crippen LogP) is 4.43. The van der Waals surface area contributed by atoms with Gasteiger partial charge in [-0.15, -0.1) is 0 Å². The van der Waals surface area contributed by atoms with Crippen molar-refractivity contribution < 1.29 is 13.9 Å². The Morgan fingerprint density at radius 2 is 1.94 bits per heavy atom. The largest absolute Gasteiger partial charge is 0.382 e. The van der Waals surface area contributed by atoms with Gasteiger partial charge in [0.25, 0.3) is 0 Å². The molecule has 4 N–H and O–H groups in total. The maximum absolute atomic E-state index is 15.2. The molecule has 2 aromatic carbocycles. The minimum absolute atomic E-state index is 0.0123. The van der Waals surface area contributed by atoms with Crippen LogP contribution in [-0.4, -0.2) is 34.0 Å². The number of fused-ring (bicyclic) bond motifs is 1. The number of benzene rings is 2. The maximum Gasteiger partial charge on any atom is 0.149 e. The van der Waals surface area contributed by atoms with Crippen LogP contribution < -0.4 is 11.1 Å². The highest BCUT2D eigenvalue weighted by atomic mass is 19.1. The quantitative estimate of drug-likeness (QED) is 0.627. The summed E-state index contributed by atoms with van der Waals surface area (Å²) in [5.41, 5.74) is 10.8. The van der Waals surface area contributed by atoms with Gasteiger partial charge in [-0.3, -0.25) is 0 Å². The fourth-order valence-corrected chi connectivity index (χ4v) is 4.30. The Bertz CT molecular complexity index is 1230. The van der Waals surface area contributed by atoms with E-state index in [9.17, 15) is 9.50 Å². The van der Waals surface area contributed by atoms with E-state index in [0.717, 1.165) is 22.7 Å². The molecule has 4 rings (SSSR count). The van der Waals surface area contributed by atoms with E-state index in [-0.39, 0.29) is 17.6 Å². The van der Waals surface area contributed by atoms with Crippen LogP contribution in [0, 0.1) is 18.6 Å². The van der Waals surface area contributed by atoms with Crippen molar-refractivity contribution in [2.75, 3.05) is 12.4 Å². The van der Waals surface area contributed by atoms with Crippen LogP contribution in [0.1, 0.15) is 36.6 Å². The third-order valence-corrected chi connectivity index (χ3v) is 6.12. The number of hydrogen-bond acceptors (Lipinski definition) is 6. The number of aliphatic hydroxyl groups is 1. The smallest absolute Gasteiger partial charge is 0.149 e. The minimum Gasteiger partial charge on any atom is -0.382 e. The van der Waals surface area contributed by atoms with Gasteiger partial charge in [0.05, 0.1) is 11.4 Å². The van der Waals surface area contributed by atoms with Crippen molar-refractivity contribution in [2.24, 2.45) is 10.7 Å². The van der Waals surface area contributed by atoms with Gasteiger partial charge in [-0.1, -0.05) is 18.7 Å². The summed E-state index contributed by atoms with van der Waals surface area (Å²) in [6.45, 7) is 9.68. The van der Waals surface area contributed by atoms with Crippen molar-refractivity contribution in [3.8, 4) is 0 Å². The lowest BCUT2D eigenvalue weighted by Gasteiger charge is -2.31. The number of aliphatic hydroxyl groups excluding tert-OH is 1. The second-order valence-electron chi connectivity index (χ2n) is 8.35. The topological polar surface area (TPSA) is 77.1 Å². The van der Waals surface area contributed by atoms with Gasteiger partial charge in [0.15, 0.2) is 0 Å². The Hall–Kier alpha value is -3.65. The molecule has 2 heterocycles. The summed E-state index contributed by atoms with van der Waals surface area (Å²) in [4.78, 5) is 8.42. The van der Waals surface area contributed by atoms with Crippen molar-refractivity contribution >= 4 is 17.2 Å². The lowest BCUT2D eigenvalue weighted by atomic mass is 10.0. The molecule has 0 aromatic heterocycles. The molecule has 6 nitrogen and oxygen atoms in total. The van der Waals surface area contributed by atoms with Crippen LogP contribution in [0.4, 0.5) is 14.5 Å². The van der Waals surface area contributed by atoms with Crippen molar-refractivity contribution in [3.63, 3.8) is 0 Å². The zero-order chi connectivity index (χ0) is 24.0. The van der Waals surface area contributed by atoms with Crippen LogP contribution in [0.2, 0.25) is 0 Å². The second-order valence-corrected chi connectivity index (χ2v) is 8.35. The van der Waals surface area contributed by atoms with Gasteiger partial charge in [0.1, 0.15) is 35.4 Å². The van der Waals surface area contributed by atoms with Crippen LogP contribution in [0.3, 0.4) is 0 Å². The van der Waals surface area contributed by atoms with Crippen LogP contribution >= 0.6 is 0 Å².